The molecule has 0 saturated heterocycles. The lowest BCUT2D eigenvalue weighted by atomic mass is 10.0. The van der Waals surface area contributed by atoms with E-state index in [1.807, 2.05) is 30.3 Å². The molecule has 7 heteroatoms. The number of fused-ring (bicyclic) bond motifs is 1. The number of nitrogens with two attached hydrogens (primary N) is 2. The topological polar surface area (TPSA) is 117 Å². The minimum Gasteiger partial charge on any atom is -0.392 e. The SMILES string of the molecule is NCC(O)C[C@H](N)CNC(=O)c1[nH]c2ccc(F)cc2c1-c1ccccc1. The number of H-pyrrole nitrogens is 1. The van der Waals surface area contributed by atoms with Crippen molar-refractivity contribution in [2.75, 3.05) is 13.1 Å². The Hall–Kier alpha value is -2.74. The maximum atomic E-state index is 13.8. The van der Waals surface area contributed by atoms with E-state index in [4.69, 9.17) is 11.5 Å². The second-order valence-electron chi connectivity index (χ2n) is 6.53. The number of rotatable bonds is 7. The predicted octanol–water partition coefficient (Wildman–Crippen LogP) is 1.74. The minimum atomic E-state index is -0.701. The van der Waals surface area contributed by atoms with E-state index in [1.165, 1.54) is 12.1 Å². The Morgan fingerprint density at radius 1 is 1.22 bits per heavy atom. The van der Waals surface area contributed by atoms with Crippen molar-refractivity contribution >= 4 is 16.8 Å². The number of aliphatic hydroxyl groups is 1. The van der Waals surface area contributed by atoms with Crippen LogP contribution in [0.5, 0.6) is 0 Å². The van der Waals surface area contributed by atoms with Crippen LogP contribution in [-0.4, -0.2) is 41.2 Å². The van der Waals surface area contributed by atoms with Gasteiger partial charge in [0.05, 0.1) is 6.10 Å². The molecule has 6 nitrogen and oxygen atoms in total. The average molecular weight is 370 g/mol. The van der Waals surface area contributed by atoms with Gasteiger partial charge in [0.1, 0.15) is 11.5 Å². The van der Waals surface area contributed by atoms with Gasteiger partial charge in [-0.25, -0.2) is 4.39 Å². The Bertz CT molecular complexity index is 926. The fourth-order valence-corrected chi connectivity index (χ4v) is 3.08. The molecule has 0 aliphatic heterocycles. The van der Waals surface area contributed by atoms with Gasteiger partial charge in [-0.15, -0.1) is 0 Å². The summed E-state index contributed by atoms with van der Waals surface area (Å²) in [4.78, 5) is 15.9. The van der Waals surface area contributed by atoms with Gasteiger partial charge in [0.15, 0.2) is 0 Å². The molecule has 3 aromatic rings. The molecular formula is C20H23FN4O2. The molecule has 2 aromatic carbocycles. The second kappa shape index (κ2) is 8.30. The number of carbonyl (C=O) groups is 1. The van der Waals surface area contributed by atoms with Crippen LogP contribution in [0.4, 0.5) is 4.39 Å². The van der Waals surface area contributed by atoms with Gasteiger partial charge in [-0.3, -0.25) is 4.79 Å². The molecule has 0 saturated carbocycles. The van der Waals surface area contributed by atoms with Crippen molar-refractivity contribution in [2.45, 2.75) is 18.6 Å². The van der Waals surface area contributed by atoms with E-state index < -0.39 is 12.1 Å². The summed E-state index contributed by atoms with van der Waals surface area (Å²) in [7, 11) is 0. The first kappa shape index (κ1) is 19.0. The molecule has 2 atom stereocenters. The molecule has 0 fully saturated rings. The van der Waals surface area contributed by atoms with Crippen molar-refractivity contribution in [2.24, 2.45) is 11.5 Å². The third-order valence-corrected chi connectivity index (χ3v) is 4.42. The zero-order chi connectivity index (χ0) is 19.4. The first-order chi connectivity index (χ1) is 13.0. The van der Waals surface area contributed by atoms with Crippen molar-refractivity contribution in [1.29, 1.82) is 0 Å². The summed E-state index contributed by atoms with van der Waals surface area (Å²) in [6.07, 6.45) is -0.409. The van der Waals surface area contributed by atoms with Gasteiger partial charge in [0, 0.05) is 35.6 Å². The molecule has 0 radical (unpaired) electrons. The molecule has 3 rings (SSSR count). The number of aliphatic hydroxyl groups excluding tert-OH is 1. The maximum Gasteiger partial charge on any atom is 0.268 e. The Morgan fingerprint density at radius 2 is 1.96 bits per heavy atom. The van der Waals surface area contributed by atoms with Crippen molar-refractivity contribution in [1.82, 2.24) is 10.3 Å². The molecule has 1 unspecified atom stereocenters. The molecule has 7 N–H and O–H groups in total. The lowest BCUT2D eigenvalue weighted by molar-refractivity contribution is 0.0941. The van der Waals surface area contributed by atoms with Crippen molar-refractivity contribution in [3.63, 3.8) is 0 Å². The summed E-state index contributed by atoms with van der Waals surface area (Å²) < 4.78 is 13.8. The highest BCUT2D eigenvalue weighted by Crippen LogP contribution is 2.32. The van der Waals surface area contributed by atoms with Gasteiger partial charge in [-0.1, -0.05) is 30.3 Å². The van der Waals surface area contributed by atoms with Gasteiger partial charge in [-0.2, -0.15) is 0 Å². The smallest absolute Gasteiger partial charge is 0.268 e. The summed E-state index contributed by atoms with van der Waals surface area (Å²) in [6.45, 7) is 0.307. The van der Waals surface area contributed by atoms with E-state index in [2.05, 4.69) is 10.3 Å². The van der Waals surface area contributed by atoms with E-state index >= 15 is 0 Å². The van der Waals surface area contributed by atoms with Gasteiger partial charge >= 0.3 is 0 Å². The predicted molar refractivity (Wildman–Crippen MR) is 104 cm³/mol. The van der Waals surface area contributed by atoms with Crippen LogP contribution in [0.3, 0.4) is 0 Å². The standard InChI is InChI=1S/C20H23FN4O2/c21-13-6-7-17-16(8-13)18(12-4-2-1-3-5-12)19(25-17)20(27)24-11-14(23)9-15(26)10-22/h1-8,14-15,25-26H,9-11,22-23H2,(H,24,27)/t14-,15?/m0/s1. The normalized spacial score (nSPS) is 13.5. The second-order valence-corrected chi connectivity index (χ2v) is 6.53. The molecule has 1 amide bonds. The number of nitrogens with one attached hydrogen (secondary N) is 2. The van der Waals surface area contributed by atoms with Gasteiger partial charge < -0.3 is 26.9 Å². The number of hydrogen-bond donors (Lipinski definition) is 5. The highest BCUT2D eigenvalue weighted by Gasteiger charge is 2.20. The molecule has 0 aliphatic rings. The van der Waals surface area contributed by atoms with Crippen LogP contribution in [0.15, 0.2) is 48.5 Å². The monoisotopic (exact) mass is 370 g/mol. The van der Waals surface area contributed by atoms with Crippen LogP contribution in [0.2, 0.25) is 0 Å². The first-order valence-corrected chi connectivity index (χ1v) is 8.78. The van der Waals surface area contributed by atoms with E-state index in [0.717, 1.165) is 5.56 Å². The lowest BCUT2D eigenvalue weighted by Gasteiger charge is -2.16. The van der Waals surface area contributed by atoms with Gasteiger partial charge in [-0.05, 0) is 30.2 Å². The molecule has 0 aliphatic carbocycles. The number of amides is 1. The quantitative estimate of drug-likeness (QED) is 0.435. The summed E-state index contributed by atoms with van der Waals surface area (Å²) >= 11 is 0. The molecule has 1 aromatic heterocycles. The Labute approximate surface area is 156 Å². The summed E-state index contributed by atoms with van der Waals surface area (Å²) in [5, 5.41) is 13.0. The number of aromatic amines is 1. The summed E-state index contributed by atoms with van der Waals surface area (Å²) in [6, 6.07) is 13.3. The molecule has 0 bridgehead atoms. The Balaban J connectivity index is 1.90. The number of carbonyl (C=O) groups excluding carboxylic acids is 1. The molecule has 27 heavy (non-hydrogen) atoms. The Morgan fingerprint density at radius 3 is 2.67 bits per heavy atom. The van der Waals surface area contributed by atoms with E-state index in [0.29, 0.717) is 28.6 Å². The van der Waals surface area contributed by atoms with Crippen LogP contribution in [-0.2, 0) is 0 Å². The molecule has 142 valence electrons. The van der Waals surface area contributed by atoms with Crippen LogP contribution in [0.25, 0.3) is 22.0 Å². The average Bonchev–Trinajstić information content (AvgIpc) is 3.05. The van der Waals surface area contributed by atoms with Crippen molar-refractivity contribution in [3.8, 4) is 11.1 Å². The Kier molecular flexibility index (Phi) is 5.85. The van der Waals surface area contributed by atoms with E-state index in [9.17, 15) is 14.3 Å². The van der Waals surface area contributed by atoms with Crippen LogP contribution in [0, 0.1) is 5.82 Å². The van der Waals surface area contributed by atoms with Crippen LogP contribution < -0.4 is 16.8 Å². The lowest BCUT2D eigenvalue weighted by Crippen LogP contribution is -2.40. The molecular weight excluding hydrogens is 347 g/mol. The number of aromatic nitrogens is 1. The number of benzene rings is 2. The minimum absolute atomic E-state index is 0.118. The van der Waals surface area contributed by atoms with Crippen LogP contribution in [0.1, 0.15) is 16.9 Å². The van der Waals surface area contributed by atoms with Crippen LogP contribution >= 0.6 is 0 Å². The zero-order valence-electron chi connectivity index (χ0n) is 14.8. The van der Waals surface area contributed by atoms with Crippen molar-refractivity contribution in [3.05, 3.63) is 60.0 Å². The highest BCUT2D eigenvalue weighted by atomic mass is 19.1. The maximum absolute atomic E-state index is 13.8. The van der Waals surface area contributed by atoms with Gasteiger partial charge in [0.25, 0.3) is 5.91 Å². The first-order valence-electron chi connectivity index (χ1n) is 8.78. The third kappa shape index (κ3) is 4.33. The number of hydrogen-bond acceptors (Lipinski definition) is 4. The summed E-state index contributed by atoms with van der Waals surface area (Å²) in [5.74, 6) is -0.716. The van der Waals surface area contributed by atoms with E-state index in [1.54, 1.807) is 6.07 Å². The largest absolute Gasteiger partial charge is 0.392 e. The molecule has 0 spiro atoms. The van der Waals surface area contributed by atoms with Gasteiger partial charge in [0.2, 0.25) is 0 Å². The van der Waals surface area contributed by atoms with Crippen molar-refractivity contribution < 1.29 is 14.3 Å². The highest BCUT2D eigenvalue weighted by molar-refractivity contribution is 6.09. The number of halogens is 1. The zero-order valence-corrected chi connectivity index (χ0v) is 14.8. The fraction of sp³-hybridized carbons (Fsp3) is 0.250. The third-order valence-electron chi connectivity index (χ3n) is 4.42. The summed E-state index contributed by atoms with van der Waals surface area (Å²) in [5.41, 5.74) is 13.8. The van der Waals surface area contributed by atoms with E-state index in [-0.39, 0.29) is 24.8 Å². The molecule has 1 heterocycles. The fourth-order valence-electron chi connectivity index (χ4n) is 3.08.